The zero-order valence-corrected chi connectivity index (χ0v) is 10.1. The van der Waals surface area contributed by atoms with Crippen LogP contribution in [0.5, 0.6) is 0 Å². The second-order valence-corrected chi connectivity index (χ2v) is 3.82. The number of carboxylic acids is 1. The second-order valence-electron chi connectivity index (χ2n) is 3.82. The van der Waals surface area contributed by atoms with Crippen LogP contribution in [-0.2, 0) is 9.59 Å². The van der Waals surface area contributed by atoms with Gasteiger partial charge in [-0.2, -0.15) is 0 Å². The summed E-state index contributed by atoms with van der Waals surface area (Å²) in [4.78, 5) is 23.2. The number of carbonyl (C=O) groups excluding carboxylic acids is 1. The molecule has 0 aliphatic rings. The molecule has 0 radical (unpaired) electrons. The van der Waals surface area contributed by atoms with Crippen LogP contribution in [-0.4, -0.2) is 28.9 Å². The fraction of sp³-hybridized carbons (Fsp3) is 0.231. The molecule has 0 bridgehead atoms. The Labute approximate surface area is 104 Å². The van der Waals surface area contributed by atoms with Crippen molar-refractivity contribution in [3.05, 3.63) is 47.8 Å². The first kappa shape index (κ1) is 13.9. The van der Waals surface area contributed by atoms with Crippen molar-refractivity contribution in [2.24, 2.45) is 0 Å². The lowest BCUT2D eigenvalue weighted by atomic mass is 10.1. The molecular formula is C13H14FNO3. The van der Waals surface area contributed by atoms with E-state index in [1.54, 1.807) is 25.1 Å². The first-order chi connectivity index (χ1) is 8.43. The van der Waals surface area contributed by atoms with Gasteiger partial charge in [-0.15, -0.1) is 0 Å². The third-order valence-corrected chi connectivity index (χ3v) is 2.65. The predicted molar refractivity (Wildman–Crippen MR) is 64.4 cm³/mol. The molecule has 0 aliphatic carbocycles. The lowest BCUT2D eigenvalue weighted by molar-refractivity contribution is -0.132. The summed E-state index contributed by atoms with van der Waals surface area (Å²) in [6, 6.07) is 5.68. The molecule has 0 aliphatic heterocycles. The molecule has 1 rings (SSSR count). The number of hydrogen-bond acceptors (Lipinski definition) is 2. The summed E-state index contributed by atoms with van der Waals surface area (Å²) in [5.74, 6) is -2.09. The van der Waals surface area contributed by atoms with Gasteiger partial charge in [0.25, 0.3) is 0 Å². The van der Waals surface area contributed by atoms with Gasteiger partial charge in [-0.05, 0) is 13.0 Å². The molecule has 1 unspecified atom stereocenters. The maximum atomic E-state index is 13.5. The van der Waals surface area contributed by atoms with Crippen molar-refractivity contribution in [1.82, 2.24) is 4.90 Å². The van der Waals surface area contributed by atoms with Gasteiger partial charge in [0.2, 0.25) is 5.91 Å². The van der Waals surface area contributed by atoms with E-state index in [0.29, 0.717) is 5.56 Å². The first-order valence-corrected chi connectivity index (χ1v) is 5.35. The van der Waals surface area contributed by atoms with Crippen LogP contribution >= 0.6 is 0 Å². The molecule has 5 heteroatoms. The van der Waals surface area contributed by atoms with E-state index in [0.717, 1.165) is 12.2 Å². The summed E-state index contributed by atoms with van der Waals surface area (Å²) in [5.41, 5.74) is 0.386. The number of carboxylic acid groups (broad SMARTS) is 1. The molecular weight excluding hydrogens is 237 g/mol. The van der Waals surface area contributed by atoms with Crippen molar-refractivity contribution in [3.63, 3.8) is 0 Å². The van der Waals surface area contributed by atoms with E-state index in [2.05, 4.69) is 0 Å². The van der Waals surface area contributed by atoms with Crippen molar-refractivity contribution >= 4 is 11.9 Å². The maximum Gasteiger partial charge on any atom is 0.328 e. The summed E-state index contributed by atoms with van der Waals surface area (Å²) in [5, 5.41) is 8.43. The summed E-state index contributed by atoms with van der Waals surface area (Å²) in [7, 11) is 1.49. The summed E-state index contributed by atoms with van der Waals surface area (Å²) >= 11 is 0. The Morgan fingerprint density at radius 3 is 2.50 bits per heavy atom. The highest BCUT2D eigenvalue weighted by atomic mass is 19.1. The van der Waals surface area contributed by atoms with Crippen LogP contribution in [0.2, 0.25) is 0 Å². The number of aliphatic carboxylic acids is 1. The topological polar surface area (TPSA) is 57.6 Å². The zero-order valence-electron chi connectivity index (χ0n) is 10.1. The van der Waals surface area contributed by atoms with Gasteiger partial charge >= 0.3 is 5.97 Å². The van der Waals surface area contributed by atoms with Crippen molar-refractivity contribution in [2.45, 2.75) is 13.0 Å². The van der Waals surface area contributed by atoms with Gasteiger partial charge in [0.05, 0.1) is 6.04 Å². The van der Waals surface area contributed by atoms with Gasteiger partial charge in [-0.3, -0.25) is 4.79 Å². The quantitative estimate of drug-likeness (QED) is 0.832. The Balaban J connectivity index is 2.84. The average molecular weight is 251 g/mol. The van der Waals surface area contributed by atoms with Gasteiger partial charge < -0.3 is 10.0 Å². The van der Waals surface area contributed by atoms with Crippen molar-refractivity contribution in [3.8, 4) is 0 Å². The number of hydrogen-bond donors (Lipinski definition) is 1. The molecule has 0 fully saturated rings. The number of rotatable bonds is 4. The van der Waals surface area contributed by atoms with Crippen molar-refractivity contribution < 1.29 is 19.1 Å². The maximum absolute atomic E-state index is 13.5. The van der Waals surface area contributed by atoms with Crippen LogP contribution in [0.15, 0.2) is 36.4 Å². The lowest BCUT2D eigenvalue weighted by Crippen LogP contribution is -2.28. The molecule has 0 aromatic heterocycles. The highest BCUT2D eigenvalue weighted by molar-refractivity contribution is 5.93. The fourth-order valence-corrected chi connectivity index (χ4v) is 1.47. The van der Waals surface area contributed by atoms with E-state index in [4.69, 9.17) is 5.11 Å². The number of likely N-dealkylation sites (N-methyl/N-ethyl adjacent to an activating group) is 1. The third-order valence-electron chi connectivity index (χ3n) is 2.65. The summed E-state index contributed by atoms with van der Waals surface area (Å²) in [6.45, 7) is 1.67. The first-order valence-electron chi connectivity index (χ1n) is 5.35. The predicted octanol–water partition coefficient (Wildman–Crippen LogP) is 1.99. The minimum absolute atomic E-state index is 0.386. The van der Waals surface area contributed by atoms with Gasteiger partial charge in [0.15, 0.2) is 0 Å². The molecule has 96 valence electrons. The molecule has 1 aromatic rings. The zero-order chi connectivity index (χ0) is 13.7. The lowest BCUT2D eigenvalue weighted by Gasteiger charge is -2.24. The average Bonchev–Trinajstić information content (AvgIpc) is 2.34. The highest BCUT2D eigenvalue weighted by Crippen LogP contribution is 2.21. The Bertz CT molecular complexity index is 485. The van der Waals surface area contributed by atoms with E-state index in [1.165, 1.54) is 18.0 Å². The summed E-state index contributed by atoms with van der Waals surface area (Å²) in [6.07, 6.45) is 1.70. The van der Waals surface area contributed by atoms with Gasteiger partial charge in [0, 0.05) is 24.8 Å². The van der Waals surface area contributed by atoms with Gasteiger partial charge in [-0.25, -0.2) is 9.18 Å². The normalized spacial score (nSPS) is 12.4. The highest BCUT2D eigenvalue weighted by Gasteiger charge is 2.18. The Hall–Kier alpha value is -2.17. The number of nitrogens with zero attached hydrogens (tertiary/aromatic N) is 1. The van der Waals surface area contributed by atoms with E-state index < -0.39 is 23.7 Å². The number of amides is 1. The second kappa shape index (κ2) is 5.95. The Morgan fingerprint density at radius 1 is 1.33 bits per heavy atom. The largest absolute Gasteiger partial charge is 0.478 e. The van der Waals surface area contributed by atoms with Crippen LogP contribution in [0.1, 0.15) is 18.5 Å². The smallest absolute Gasteiger partial charge is 0.328 e. The SMILES string of the molecule is CC(c1ccccc1F)N(C)C(=O)/C=C/C(=O)O. The Kier molecular flexibility index (Phi) is 4.59. The molecule has 4 nitrogen and oxygen atoms in total. The van der Waals surface area contributed by atoms with Crippen molar-refractivity contribution in [2.75, 3.05) is 7.05 Å². The minimum atomic E-state index is -1.20. The molecule has 1 aromatic carbocycles. The fourth-order valence-electron chi connectivity index (χ4n) is 1.47. The van der Waals surface area contributed by atoms with E-state index in [9.17, 15) is 14.0 Å². The molecule has 0 spiro atoms. The van der Waals surface area contributed by atoms with Gasteiger partial charge in [-0.1, -0.05) is 18.2 Å². The van der Waals surface area contributed by atoms with Crippen LogP contribution in [0.4, 0.5) is 4.39 Å². The van der Waals surface area contributed by atoms with Gasteiger partial charge in [0.1, 0.15) is 5.82 Å². The third kappa shape index (κ3) is 3.41. The van der Waals surface area contributed by atoms with E-state index in [-0.39, 0.29) is 0 Å². The molecule has 1 N–H and O–H groups in total. The minimum Gasteiger partial charge on any atom is -0.478 e. The van der Waals surface area contributed by atoms with Crippen molar-refractivity contribution in [1.29, 1.82) is 0 Å². The van der Waals surface area contributed by atoms with E-state index in [1.807, 2.05) is 0 Å². The summed E-state index contributed by atoms with van der Waals surface area (Å²) < 4.78 is 13.5. The van der Waals surface area contributed by atoms with Crippen LogP contribution in [0.3, 0.4) is 0 Å². The van der Waals surface area contributed by atoms with E-state index >= 15 is 0 Å². The van der Waals surface area contributed by atoms with Crippen LogP contribution < -0.4 is 0 Å². The number of carbonyl (C=O) groups is 2. The van der Waals surface area contributed by atoms with Crippen LogP contribution in [0.25, 0.3) is 0 Å². The number of halogens is 1. The monoisotopic (exact) mass is 251 g/mol. The number of benzene rings is 1. The molecule has 1 atom stereocenters. The molecule has 1 amide bonds. The van der Waals surface area contributed by atoms with Crippen LogP contribution in [0, 0.1) is 5.82 Å². The molecule has 0 saturated carbocycles. The molecule has 0 heterocycles. The standard InChI is InChI=1S/C13H14FNO3/c1-9(10-5-3-4-6-11(10)14)15(2)12(16)7-8-13(17)18/h3-9H,1-2H3,(H,17,18)/b8-7+. The molecule has 0 saturated heterocycles. The Morgan fingerprint density at radius 2 is 1.94 bits per heavy atom. The molecule has 18 heavy (non-hydrogen) atoms.